The van der Waals surface area contributed by atoms with Gasteiger partial charge in [0, 0.05) is 10.0 Å². The molecule has 0 bridgehead atoms. The summed E-state index contributed by atoms with van der Waals surface area (Å²) in [5.74, 6) is -0.171. The molecule has 0 fully saturated rings. The number of oxazole rings is 1. The molecule has 0 unspecified atom stereocenters. The number of benzene rings is 3. The third-order valence-corrected chi connectivity index (χ3v) is 5.04. The zero-order chi connectivity index (χ0) is 18.5. The largest absolute Gasteiger partial charge is 0.436 e. The van der Waals surface area contributed by atoms with Gasteiger partial charge in [0.1, 0.15) is 5.52 Å². The summed E-state index contributed by atoms with van der Waals surface area (Å²) in [6.07, 6.45) is 0. The van der Waals surface area contributed by atoms with E-state index in [-0.39, 0.29) is 11.8 Å². The van der Waals surface area contributed by atoms with E-state index >= 15 is 0 Å². The van der Waals surface area contributed by atoms with Crippen LogP contribution in [0.15, 0.2) is 75.6 Å². The van der Waals surface area contributed by atoms with Crippen LogP contribution >= 0.6 is 15.9 Å². The van der Waals surface area contributed by atoms with Crippen molar-refractivity contribution < 1.29 is 14.0 Å². The van der Waals surface area contributed by atoms with Gasteiger partial charge in [-0.15, -0.1) is 0 Å². The number of anilines is 1. The number of fused-ring (bicyclic) bond motifs is 2. The summed E-state index contributed by atoms with van der Waals surface area (Å²) >= 11 is 3.40. The quantitative estimate of drug-likeness (QED) is 0.426. The number of amides is 2. The Morgan fingerprint density at radius 3 is 2.19 bits per heavy atom. The van der Waals surface area contributed by atoms with Crippen molar-refractivity contribution in [2.45, 2.75) is 0 Å². The minimum atomic E-state index is -0.327. The number of nitrogens with zero attached hydrogens (tertiary/aromatic N) is 2. The number of rotatable bonds is 2. The van der Waals surface area contributed by atoms with Crippen LogP contribution in [0.1, 0.15) is 20.7 Å². The van der Waals surface area contributed by atoms with Crippen molar-refractivity contribution in [2.24, 2.45) is 0 Å². The van der Waals surface area contributed by atoms with Gasteiger partial charge >= 0.3 is 0 Å². The molecule has 0 aliphatic carbocycles. The molecule has 0 atom stereocenters. The van der Waals surface area contributed by atoms with Crippen molar-refractivity contribution in [3.63, 3.8) is 0 Å². The van der Waals surface area contributed by atoms with Crippen molar-refractivity contribution in [1.82, 2.24) is 4.98 Å². The van der Waals surface area contributed by atoms with Gasteiger partial charge < -0.3 is 4.42 Å². The lowest BCUT2D eigenvalue weighted by molar-refractivity contribution is 0.0926. The molecule has 2 amide bonds. The van der Waals surface area contributed by atoms with E-state index in [2.05, 4.69) is 20.9 Å². The second-order valence-corrected chi connectivity index (χ2v) is 7.08. The van der Waals surface area contributed by atoms with Crippen LogP contribution in [-0.4, -0.2) is 16.8 Å². The third kappa shape index (κ3) is 2.49. The number of halogens is 1. The Balaban J connectivity index is 1.57. The Labute approximate surface area is 162 Å². The highest BCUT2D eigenvalue weighted by atomic mass is 79.9. The Kier molecular flexibility index (Phi) is 3.48. The van der Waals surface area contributed by atoms with Crippen molar-refractivity contribution >= 4 is 44.5 Å². The van der Waals surface area contributed by atoms with Gasteiger partial charge in [0.05, 0.1) is 16.8 Å². The highest BCUT2D eigenvalue weighted by Gasteiger charge is 2.36. The summed E-state index contributed by atoms with van der Waals surface area (Å²) in [5.41, 5.74) is 3.33. The highest BCUT2D eigenvalue weighted by Crippen LogP contribution is 2.32. The summed E-state index contributed by atoms with van der Waals surface area (Å²) in [4.78, 5) is 31.0. The molecule has 2 heterocycles. The SMILES string of the molecule is O=C1c2ccccc2C(=O)N1c1ccc2oc(-c3ccc(Br)cc3)nc2c1. The number of carbonyl (C=O) groups excluding carboxylic acids is 2. The predicted molar refractivity (Wildman–Crippen MR) is 105 cm³/mol. The Bertz CT molecular complexity index is 1190. The van der Waals surface area contributed by atoms with Crippen LogP contribution in [0.25, 0.3) is 22.6 Å². The number of hydrogen-bond acceptors (Lipinski definition) is 4. The number of imide groups is 1. The van der Waals surface area contributed by atoms with Gasteiger partial charge in [0.2, 0.25) is 5.89 Å². The lowest BCUT2D eigenvalue weighted by Gasteiger charge is -2.13. The second-order valence-electron chi connectivity index (χ2n) is 6.17. The average Bonchev–Trinajstić information content (AvgIpc) is 3.22. The number of carbonyl (C=O) groups is 2. The zero-order valence-electron chi connectivity index (χ0n) is 13.8. The van der Waals surface area contributed by atoms with Crippen LogP contribution in [-0.2, 0) is 0 Å². The molecule has 1 aliphatic rings. The molecule has 0 N–H and O–H groups in total. The van der Waals surface area contributed by atoms with Crippen LogP contribution in [0.5, 0.6) is 0 Å². The molecule has 0 saturated carbocycles. The first-order chi connectivity index (χ1) is 13.1. The molecule has 27 heavy (non-hydrogen) atoms. The summed E-state index contributed by atoms with van der Waals surface area (Å²) in [5, 5.41) is 0. The molecule has 4 aromatic rings. The van der Waals surface area contributed by atoms with Gasteiger partial charge in [-0.05, 0) is 54.6 Å². The van der Waals surface area contributed by atoms with E-state index < -0.39 is 0 Å². The fourth-order valence-corrected chi connectivity index (χ4v) is 3.46. The first-order valence-corrected chi connectivity index (χ1v) is 9.05. The zero-order valence-corrected chi connectivity index (χ0v) is 15.4. The molecular formula is C21H11BrN2O3. The van der Waals surface area contributed by atoms with E-state index in [0.29, 0.717) is 33.8 Å². The Morgan fingerprint density at radius 2 is 1.52 bits per heavy atom. The fraction of sp³-hybridized carbons (Fsp3) is 0. The minimum absolute atomic E-state index is 0.327. The van der Waals surface area contributed by atoms with Gasteiger partial charge in [0.15, 0.2) is 5.58 Å². The first-order valence-electron chi connectivity index (χ1n) is 8.26. The van der Waals surface area contributed by atoms with Crippen molar-refractivity contribution in [3.05, 3.63) is 82.3 Å². The summed E-state index contributed by atoms with van der Waals surface area (Å²) in [6.45, 7) is 0. The molecule has 0 radical (unpaired) electrons. The molecule has 1 aromatic heterocycles. The van der Waals surface area contributed by atoms with Gasteiger partial charge in [-0.2, -0.15) is 0 Å². The normalized spacial score (nSPS) is 13.4. The monoisotopic (exact) mass is 418 g/mol. The van der Waals surface area contributed by atoms with Crippen molar-refractivity contribution in [3.8, 4) is 11.5 Å². The molecular weight excluding hydrogens is 408 g/mol. The van der Waals surface area contributed by atoms with Crippen molar-refractivity contribution in [2.75, 3.05) is 4.90 Å². The molecule has 0 spiro atoms. The van der Waals surface area contributed by atoms with Gasteiger partial charge in [-0.3, -0.25) is 9.59 Å². The maximum atomic E-state index is 12.7. The lowest BCUT2D eigenvalue weighted by Crippen LogP contribution is -2.29. The maximum Gasteiger partial charge on any atom is 0.266 e. The molecule has 6 heteroatoms. The Morgan fingerprint density at radius 1 is 0.852 bits per heavy atom. The van der Waals surface area contributed by atoms with Crippen LogP contribution in [0.3, 0.4) is 0 Å². The van der Waals surface area contributed by atoms with E-state index in [1.54, 1.807) is 42.5 Å². The molecule has 3 aromatic carbocycles. The van der Waals surface area contributed by atoms with Crippen LogP contribution in [0.4, 0.5) is 5.69 Å². The second kappa shape index (κ2) is 5.89. The van der Waals surface area contributed by atoms with E-state index in [9.17, 15) is 9.59 Å². The van der Waals surface area contributed by atoms with Gasteiger partial charge in [-0.1, -0.05) is 28.1 Å². The van der Waals surface area contributed by atoms with Crippen molar-refractivity contribution in [1.29, 1.82) is 0 Å². The molecule has 130 valence electrons. The van der Waals surface area contributed by atoms with E-state index in [0.717, 1.165) is 10.0 Å². The predicted octanol–water partition coefficient (Wildman–Crippen LogP) is 5.06. The lowest BCUT2D eigenvalue weighted by atomic mass is 10.1. The summed E-state index contributed by atoms with van der Waals surface area (Å²) in [7, 11) is 0. The van der Waals surface area contributed by atoms with E-state index in [4.69, 9.17) is 4.42 Å². The minimum Gasteiger partial charge on any atom is -0.436 e. The smallest absolute Gasteiger partial charge is 0.266 e. The molecule has 5 nitrogen and oxygen atoms in total. The summed E-state index contributed by atoms with van der Waals surface area (Å²) < 4.78 is 6.78. The molecule has 0 saturated heterocycles. The molecule has 5 rings (SSSR count). The van der Waals surface area contributed by atoms with Gasteiger partial charge in [0.25, 0.3) is 11.8 Å². The third-order valence-electron chi connectivity index (χ3n) is 4.51. The molecule has 1 aliphatic heterocycles. The van der Waals surface area contributed by atoms with Crippen LogP contribution in [0.2, 0.25) is 0 Å². The standard InChI is InChI=1S/C21H11BrN2O3/c22-13-7-5-12(6-8-13)19-23-17-11-14(9-10-18(17)27-19)24-20(25)15-3-1-2-4-16(15)21(24)26/h1-11H. The average molecular weight is 419 g/mol. The van der Waals surface area contributed by atoms with Gasteiger partial charge in [-0.25, -0.2) is 9.88 Å². The Hall–Kier alpha value is -3.25. The van der Waals surface area contributed by atoms with Crippen LogP contribution < -0.4 is 4.90 Å². The van der Waals surface area contributed by atoms with E-state index in [1.807, 2.05) is 24.3 Å². The fourth-order valence-electron chi connectivity index (χ4n) is 3.19. The summed E-state index contributed by atoms with van der Waals surface area (Å²) in [6, 6.07) is 19.6. The maximum absolute atomic E-state index is 12.7. The topological polar surface area (TPSA) is 63.4 Å². The number of hydrogen-bond donors (Lipinski definition) is 0. The first kappa shape index (κ1) is 16.0. The number of aromatic nitrogens is 1. The highest BCUT2D eigenvalue weighted by molar-refractivity contribution is 9.10. The van der Waals surface area contributed by atoms with Crippen LogP contribution in [0, 0.1) is 0 Å². The van der Waals surface area contributed by atoms with E-state index in [1.165, 1.54) is 4.90 Å².